The third kappa shape index (κ3) is 4.20. The SMILES string of the molecule is CCOCCN(CC)C(=O)[C@H]1CC(CC)C[C@H]1C(=O)O. The summed E-state index contributed by atoms with van der Waals surface area (Å²) in [7, 11) is 0. The number of nitrogens with zero attached hydrogens (tertiary/aromatic N) is 1. The molecule has 20 heavy (non-hydrogen) atoms. The van der Waals surface area contributed by atoms with Crippen LogP contribution in [0.15, 0.2) is 0 Å². The van der Waals surface area contributed by atoms with Crippen molar-refractivity contribution < 1.29 is 19.4 Å². The standard InChI is InChI=1S/C15H27NO4/c1-4-11-9-12(13(10-11)15(18)19)14(17)16(5-2)7-8-20-6-3/h11-13H,4-10H2,1-3H3,(H,18,19)/t11?,12-,13+/m0/s1. The van der Waals surface area contributed by atoms with Crippen molar-refractivity contribution in [3.8, 4) is 0 Å². The Balaban J connectivity index is 2.68. The molecule has 0 aromatic heterocycles. The molecule has 1 rings (SSSR count). The first-order valence-corrected chi connectivity index (χ1v) is 7.64. The highest BCUT2D eigenvalue weighted by Crippen LogP contribution is 2.39. The van der Waals surface area contributed by atoms with Crippen molar-refractivity contribution in [2.45, 2.75) is 40.0 Å². The summed E-state index contributed by atoms with van der Waals surface area (Å²) in [6.45, 7) is 8.19. The molecule has 1 amide bonds. The molecule has 1 aliphatic rings. The van der Waals surface area contributed by atoms with E-state index in [1.807, 2.05) is 13.8 Å². The molecule has 0 heterocycles. The van der Waals surface area contributed by atoms with Crippen LogP contribution in [0.5, 0.6) is 0 Å². The zero-order valence-corrected chi connectivity index (χ0v) is 12.8. The molecule has 0 radical (unpaired) electrons. The van der Waals surface area contributed by atoms with E-state index in [4.69, 9.17) is 4.74 Å². The number of rotatable bonds is 8. The lowest BCUT2D eigenvalue weighted by Gasteiger charge is -2.26. The number of hydrogen-bond donors (Lipinski definition) is 1. The van der Waals surface area contributed by atoms with Gasteiger partial charge in [0.25, 0.3) is 0 Å². The number of carboxylic acid groups (broad SMARTS) is 1. The van der Waals surface area contributed by atoms with Crippen LogP contribution >= 0.6 is 0 Å². The van der Waals surface area contributed by atoms with Crippen LogP contribution in [-0.2, 0) is 14.3 Å². The molecule has 1 unspecified atom stereocenters. The van der Waals surface area contributed by atoms with Gasteiger partial charge in [0.2, 0.25) is 5.91 Å². The maximum Gasteiger partial charge on any atom is 0.307 e. The van der Waals surface area contributed by atoms with Gasteiger partial charge in [0.05, 0.1) is 18.4 Å². The summed E-state index contributed by atoms with van der Waals surface area (Å²) in [5, 5.41) is 9.32. The lowest BCUT2D eigenvalue weighted by Crippen LogP contribution is -2.40. The van der Waals surface area contributed by atoms with E-state index in [1.54, 1.807) is 4.90 Å². The van der Waals surface area contributed by atoms with Gasteiger partial charge in [-0.2, -0.15) is 0 Å². The molecule has 0 bridgehead atoms. The van der Waals surface area contributed by atoms with Gasteiger partial charge in [-0.05, 0) is 32.6 Å². The molecule has 5 nitrogen and oxygen atoms in total. The Morgan fingerprint density at radius 1 is 1.20 bits per heavy atom. The summed E-state index contributed by atoms with van der Waals surface area (Å²) in [6, 6.07) is 0. The highest BCUT2D eigenvalue weighted by atomic mass is 16.5. The number of carboxylic acids is 1. The zero-order chi connectivity index (χ0) is 15.1. The molecule has 0 aromatic carbocycles. The molecule has 1 saturated carbocycles. The fourth-order valence-corrected chi connectivity index (χ4v) is 3.00. The first kappa shape index (κ1) is 17.0. The number of aliphatic carboxylic acids is 1. The predicted molar refractivity (Wildman–Crippen MR) is 76.4 cm³/mol. The van der Waals surface area contributed by atoms with Gasteiger partial charge in [-0.1, -0.05) is 13.3 Å². The number of carbonyl (C=O) groups excluding carboxylic acids is 1. The molecule has 116 valence electrons. The Morgan fingerprint density at radius 2 is 1.85 bits per heavy atom. The minimum absolute atomic E-state index is 0.0180. The van der Waals surface area contributed by atoms with E-state index in [0.717, 1.165) is 6.42 Å². The molecule has 0 saturated heterocycles. The highest BCUT2D eigenvalue weighted by molar-refractivity contribution is 5.85. The summed E-state index contributed by atoms with van der Waals surface area (Å²) in [5.74, 6) is -1.38. The Kier molecular flexibility index (Phi) is 6.99. The highest BCUT2D eigenvalue weighted by Gasteiger charge is 2.43. The molecular weight excluding hydrogens is 258 g/mol. The van der Waals surface area contributed by atoms with E-state index in [1.165, 1.54) is 0 Å². The lowest BCUT2D eigenvalue weighted by atomic mass is 9.94. The third-order valence-corrected chi connectivity index (χ3v) is 4.28. The minimum Gasteiger partial charge on any atom is -0.481 e. The average molecular weight is 285 g/mol. The van der Waals surface area contributed by atoms with Gasteiger partial charge in [0.15, 0.2) is 0 Å². The number of carbonyl (C=O) groups is 2. The van der Waals surface area contributed by atoms with Crippen molar-refractivity contribution in [2.75, 3.05) is 26.3 Å². The van der Waals surface area contributed by atoms with Crippen LogP contribution in [0.4, 0.5) is 0 Å². The fraction of sp³-hybridized carbons (Fsp3) is 0.867. The molecule has 5 heteroatoms. The summed E-state index contributed by atoms with van der Waals surface area (Å²) < 4.78 is 5.29. The second-order valence-corrected chi connectivity index (χ2v) is 5.41. The maximum absolute atomic E-state index is 12.6. The van der Waals surface area contributed by atoms with Crippen molar-refractivity contribution in [2.24, 2.45) is 17.8 Å². The first-order valence-electron chi connectivity index (χ1n) is 7.64. The summed E-state index contributed by atoms with van der Waals surface area (Å²) in [4.78, 5) is 25.6. The Hall–Kier alpha value is -1.10. The van der Waals surface area contributed by atoms with E-state index in [0.29, 0.717) is 45.1 Å². The second kappa shape index (κ2) is 8.25. The van der Waals surface area contributed by atoms with Crippen LogP contribution in [0.1, 0.15) is 40.0 Å². The van der Waals surface area contributed by atoms with E-state index in [2.05, 4.69) is 6.92 Å². The third-order valence-electron chi connectivity index (χ3n) is 4.28. The van der Waals surface area contributed by atoms with Crippen molar-refractivity contribution >= 4 is 11.9 Å². The summed E-state index contributed by atoms with van der Waals surface area (Å²) in [6.07, 6.45) is 2.28. The predicted octanol–water partition coefficient (Wildman–Crippen LogP) is 2.01. The van der Waals surface area contributed by atoms with Gasteiger partial charge in [0.1, 0.15) is 0 Å². The van der Waals surface area contributed by atoms with Crippen LogP contribution in [0.2, 0.25) is 0 Å². The first-order chi connectivity index (χ1) is 9.54. The second-order valence-electron chi connectivity index (χ2n) is 5.41. The van der Waals surface area contributed by atoms with Crippen molar-refractivity contribution in [3.05, 3.63) is 0 Å². The van der Waals surface area contributed by atoms with Crippen molar-refractivity contribution in [1.82, 2.24) is 4.90 Å². The number of amides is 1. The van der Waals surface area contributed by atoms with Gasteiger partial charge in [-0.25, -0.2) is 0 Å². The van der Waals surface area contributed by atoms with Crippen LogP contribution in [0, 0.1) is 17.8 Å². The molecule has 1 aliphatic carbocycles. The van der Waals surface area contributed by atoms with Crippen molar-refractivity contribution in [1.29, 1.82) is 0 Å². The van der Waals surface area contributed by atoms with E-state index in [-0.39, 0.29) is 11.8 Å². The quantitative estimate of drug-likeness (QED) is 0.693. The van der Waals surface area contributed by atoms with Crippen LogP contribution in [0.25, 0.3) is 0 Å². The molecular formula is C15H27NO4. The molecule has 3 atom stereocenters. The molecule has 1 N–H and O–H groups in total. The van der Waals surface area contributed by atoms with Crippen LogP contribution < -0.4 is 0 Å². The zero-order valence-electron chi connectivity index (χ0n) is 12.8. The molecule has 1 fully saturated rings. The molecule has 0 aromatic rings. The van der Waals surface area contributed by atoms with Gasteiger partial charge in [0, 0.05) is 19.7 Å². The average Bonchev–Trinajstić information content (AvgIpc) is 2.87. The van der Waals surface area contributed by atoms with Gasteiger partial charge < -0.3 is 14.7 Å². The minimum atomic E-state index is -0.833. The van der Waals surface area contributed by atoms with Gasteiger partial charge >= 0.3 is 5.97 Å². The number of hydrogen-bond acceptors (Lipinski definition) is 3. The van der Waals surface area contributed by atoms with Gasteiger partial charge in [-0.15, -0.1) is 0 Å². The maximum atomic E-state index is 12.6. The van der Waals surface area contributed by atoms with E-state index >= 15 is 0 Å². The normalized spacial score (nSPS) is 25.6. The van der Waals surface area contributed by atoms with Crippen LogP contribution in [0.3, 0.4) is 0 Å². The Bertz CT molecular complexity index is 332. The van der Waals surface area contributed by atoms with Crippen LogP contribution in [-0.4, -0.2) is 48.2 Å². The Morgan fingerprint density at radius 3 is 2.35 bits per heavy atom. The summed E-state index contributed by atoms with van der Waals surface area (Å²) >= 11 is 0. The number of ether oxygens (including phenoxy) is 1. The topological polar surface area (TPSA) is 66.8 Å². The van der Waals surface area contributed by atoms with E-state index < -0.39 is 11.9 Å². The summed E-state index contributed by atoms with van der Waals surface area (Å²) in [5.41, 5.74) is 0. The van der Waals surface area contributed by atoms with E-state index in [9.17, 15) is 14.7 Å². The monoisotopic (exact) mass is 285 g/mol. The number of likely N-dealkylation sites (N-methyl/N-ethyl adjacent to an activating group) is 1. The lowest BCUT2D eigenvalue weighted by molar-refractivity contribution is -0.149. The van der Waals surface area contributed by atoms with Crippen molar-refractivity contribution in [3.63, 3.8) is 0 Å². The largest absolute Gasteiger partial charge is 0.481 e. The smallest absolute Gasteiger partial charge is 0.307 e. The fourth-order valence-electron chi connectivity index (χ4n) is 3.00. The molecule has 0 spiro atoms. The van der Waals surface area contributed by atoms with Gasteiger partial charge in [-0.3, -0.25) is 9.59 Å². The molecule has 0 aliphatic heterocycles. The Labute approximate surface area is 121 Å².